The van der Waals surface area contributed by atoms with Crippen molar-refractivity contribution < 1.29 is 9.90 Å². The van der Waals surface area contributed by atoms with Gasteiger partial charge in [-0.05, 0) is 43.8 Å². The summed E-state index contributed by atoms with van der Waals surface area (Å²) in [5.41, 5.74) is 2.78. The first kappa shape index (κ1) is 15.9. The number of nitrogens with zero attached hydrogens (tertiary/aromatic N) is 2. The molecule has 0 aliphatic carbocycles. The average Bonchev–Trinajstić information content (AvgIpc) is 2.93. The summed E-state index contributed by atoms with van der Waals surface area (Å²) in [6.07, 6.45) is 1.59. The monoisotopic (exact) mass is 319 g/mol. The summed E-state index contributed by atoms with van der Waals surface area (Å²) in [6, 6.07) is 7.52. The summed E-state index contributed by atoms with van der Waals surface area (Å²) >= 11 is 0. The average molecular weight is 319 g/mol. The smallest absolute Gasteiger partial charge is 0.251 e. The van der Waals surface area contributed by atoms with Gasteiger partial charge in [0.1, 0.15) is 5.60 Å². The number of hydrogen-bond donors (Lipinski definition) is 2. The van der Waals surface area contributed by atoms with Gasteiger partial charge < -0.3 is 10.4 Å². The maximum Gasteiger partial charge on any atom is 0.251 e. The molecule has 2 heterocycles. The van der Waals surface area contributed by atoms with E-state index in [0.29, 0.717) is 23.5 Å². The van der Waals surface area contributed by atoms with E-state index in [2.05, 4.69) is 33.9 Å². The van der Waals surface area contributed by atoms with E-state index in [1.54, 1.807) is 20.0 Å². The molecule has 3 rings (SSSR count). The van der Waals surface area contributed by atoms with E-state index in [9.17, 15) is 9.90 Å². The molecule has 1 amide bonds. The highest BCUT2D eigenvalue weighted by Gasteiger charge is 2.20. The molecule has 0 saturated carbocycles. The van der Waals surface area contributed by atoms with Gasteiger partial charge in [0.15, 0.2) is 5.82 Å². The van der Waals surface area contributed by atoms with Crippen LogP contribution in [0.15, 0.2) is 35.5 Å². The number of pyridine rings is 1. The summed E-state index contributed by atoms with van der Waals surface area (Å²) < 4.78 is 0. The zero-order valence-corrected chi connectivity index (χ0v) is 13.6. The summed E-state index contributed by atoms with van der Waals surface area (Å²) in [7, 11) is 0. The largest absolute Gasteiger partial charge is 0.378 e. The molecular formula is C19H17N3O2. The van der Waals surface area contributed by atoms with E-state index in [-0.39, 0.29) is 5.91 Å². The molecule has 24 heavy (non-hydrogen) atoms. The quantitative estimate of drug-likeness (QED) is 0.659. The maximum atomic E-state index is 11.9. The van der Waals surface area contributed by atoms with Crippen molar-refractivity contribution in [1.82, 2.24) is 10.3 Å². The molecule has 1 aromatic heterocycles. The fourth-order valence-corrected chi connectivity index (χ4v) is 2.47. The molecule has 5 heteroatoms. The van der Waals surface area contributed by atoms with Gasteiger partial charge in [0, 0.05) is 29.4 Å². The Morgan fingerprint density at radius 3 is 2.83 bits per heavy atom. The summed E-state index contributed by atoms with van der Waals surface area (Å²) in [5, 5.41) is 12.5. The SMILES string of the molecule is C=Nc1ncc(C#CC(C)(C)O)cc1-c1ccc2c(c1)C(=O)NC2. The Labute approximate surface area is 140 Å². The fourth-order valence-electron chi connectivity index (χ4n) is 2.47. The standard InChI is InChI=1S/C19H17N3O2/c1-19(2,24)7-6-12-8-15(17(20-3)21-10-12)13-4-5-14-11-22-18(23)16(14)9-13/h4-5,8-10,24H,3,11H2,1-2H3,(H,22,23). The van der Waals surface area contributed by atoms with Gasteiger partial charge in [0.2, 0.25) is 0 Å². The second kappa shape index (κ2) is 5.91. The summed E-state index contributed by atoms with van der Waals surface area (Å²) in [4.78, 5) is 20.1. The lowest BCUT2D eigenvalue weighted by Gasteiger charge is -2.08. The number of nitrogens with one attached hydrogen (secondary N) is 1. The van der Waals surface area contributed by atoms with E-state index in [1.807, 2.05) is 24.3 Å². The Balaban J connectivity index is 2.09. The predicted molar refractivity (Wildman–Crippen MR) is 93.2 cm³/mol. The molecule has 0 spiro atoms. The van der Waals surface area contributed by atoms with E-state index < -0.39 is 5.60 Å². The number of rotatable bonds is 2. The lowest BCUT2D eigenvalue weighted by Crippen LogP contribution is -2.14. The van der Waals surface area contributed by atoms with Crippen molar-refractivity contribution in [3.8, 4) is 23.0 Å². The Morgan fingerprint density at radius 1 is 1.33 bits per heavy atom. The molecule has 0 fully saturated rings. The van der Waals surface area contributed by atoms with Crippen molar-refractivity contribution in [2.75, 3.05) is 0 Å². The van der Waals surface area contributed by atoms with Crippen LogP contribution in [0.4, 0.5) is 5.82 Å². The first-order valence-corrected chi connectivity index (χ1v) is 7.51. The Bertz CT molecular complexity index is 899. The van der Waals surface area contributed by atoms with Crippen molar-refractivity contribution in [2.24, 2.45) is 4.99 Å². The van der Waals surface area contributed by atoms with Gasteiger partial charge in [-0.2, -0.15) is 0 Å². The van der Waals surface area contributed by atoms with Crippen LogP contribution in [0.2, 0.25) is 0 Å². The van der Waals surface area contributed by atoms with Gasteiger partial charge >= 0.3 is 0 Å². The number of carbonyl (C=O) groups excluding carboxylic acids is 1. The minimum absolute atomic E-state index is 0.0779. The summed E-state index contributed by atoms with van der Waals surface area (Å²) in [6.45, 7) is 7.34. The Morgan fingerprint density at radius 2 is 2.12 bits per heavy atom. The molecule has 1 aromatic carbocycles. The number of amides is 1. The van der Waals surface area contributed by atoms with Gasteiger partial charge in [-0.1, -0.05) is 24.0 Å². The molecule has 2 aromatic rings. The van der Waals surface area contributed by atoms with Crippen LogP contribution >= 0.6 is 0 Å². The van der Waals surface area contributed by atoms with Crippen molar-refractivity contribution in [1.29, 1.82) is 0 Å². The van der Waals surface area contributed by atoms with Crippen LogP contribution in [0.3, 0.4) is 0 Å². The van der Waals surface area contributed by atoms with Crippen molar-refractivity contribution in [2.45, 2.75) is 26.0 Å². The van der Waals surface area contributed by atoms with Crippen LogP contribution in [0.25, 0.3) is 11.1 Å². The highest BCUT2D eigenvalue weighted by atomic mass is 16.3. The molecule has 5 nitrogen and oxygen atoms in total. The number of aliphatic hydroxyl groups is 1. The number of fused-ring (bicyclic) bond motifs is 1. The third-order valence-electron chi connectivity index (χ3n) is 3.63. The zero-order chi connectivity index (χ0) is 17.3. The second-order valence-electron chi connectivity index (χ2n) is 6.12. The molecule has 0 radical (unpaired) electrons. The third-order valence-corrected chi connectivity index (χ3v) is 3.63. The lowest BCUT2D eigenvalue weighted by molar-refractivity contribution is 0.0965. The maximum absolute atomic E-state index is 11.9. The molecule has 2 N–H and O–H groups in total. The normalized spacial score (nSPS) is 12.9. The highest BCUT2D eigenvalue weighted by Crippen LogP contribution is 2.31. The first-order valence-electron chi connectivity index (χ1n) is 7.51. The van der Waals surface area contributed by atoms with Crippen LogP contribution in [0.1, 0.15) is 35.3 Å². The highest BCUT2D eigenvalue weighted by molar-refractivity contribution is 5.99. The van der Waals surface area contributed by atoms with E-state index >= 15 is 0 Å². The zero-order valence-electron chi connectivity index (χ0n) is 13.6. The molecule has 1 aliphatic heterocycles. The van der Waals surface area contributed by atoms with Crippen LogP contribution in [0.5, 0.6) is 0 Å². The van der Waals surface area contributed by atoms with Crippen LogP contribution < -0.4 is 5.32 Å². The van der Waals surface area contributed by atoms with Gasteiger partial charge in [-0.25, -0.2) is 9.98 Å². The van der Waals surface area contributed by atoms with E-state index in [0.717, 1.165) is 16.7 Å². The van der Waals surface area contributed by atoms with E-state index in [1.165, 1.54) is 0 Å². The third kappa shape index (κ3) is 3.19. The van der Waals surface area contributed by atoms with Gasteiger partial charge in [0.05, 0.1) is 0 Å². The molecule has 0 unspecified atom stereocenters. The number of benzene rings is 1. The fraction of sp³-hybridized carbons (Fsp3) is 0.211. The van der Waals surface area contributed by atoms with Crippen LogP contribution in [-0.4, -0.2) is 28.3 Å². The molecular weight excluding hydrogens is 302 g/mol. The molecule has 0 atom stereocenters. The van der Waals surface area contributed by atoms with Gasteiger partial charge in [0.25, 0.3) is 5.91 Å². The van der Waals surface area contributed by atoms with Gasteiger partial charge in [-0.15, -0.1) is 0 Å². The molecule has 0 bridgehead atoms. The van der Waals surface area contributed by atoms with Crippen LogP contribution in [0, 0.1) is 11.8 Å². The van der Waals surface area contributed by atoms with Crippen molar-refractivity contribution >= 4 is 18.4 Å². The van der Waals surface area contributed by atoms with Crippen molar-refractivity contribution in [3.05, 3.63) is 47.2 Å². The Kier molecular flexibility index (Phi) is 3.92. The molecule has 0 saturated heterocycles. The number of hydrogen-bond acceptors (Lipinski definition) is 4. The van der Waals surface area contributed by atoms with E-state index in [4.69, 9.17) is 0 Å². The van der Waals surface area contributed by atoms with Crippen LogP contribution in [-0.2, 0) is 6.54 Å². The topological polar surface area (TPSA) is 74.6 Å². The number of aliphatic imine (C=N–C) groups is 1. The number of aromatic nitrogens is 1. The Hall–Kier alpha value is -2.97. The minimum atomic E-state index is -1.08. The predicted octanol–water partition coefficient (Wildman–Crippen LogP) is 2.45. The lowest BCUT2D eigenvalue weighted by atomic mass is 9.99. The molecule has 1 aliphatic rings. The number of carbonyl (C=O) groups is 1. The van der Waals surface area contributed by atoms with Gasteiger partial charge in [-0.3, -0.25) is 4.79 Å². The minimum Gasteiger partial charge on any atom is -0.378 e. The second-order valence-corrected chi connectivity index (χ2v) is 6.12. The first-order chi connectivity index (χ1) is 11.4. The summed E-state index contributed by atoms with van der Waals surface area (Å²) in [5.74, 6) is 6.06. The van der Waals surface area contributed by atoms with Crippen molar-refractivity contribution in [3.63, 3.8) is 0 Å². The molecule has 120 valence electrons.